The molecule has 6 rings (SSSR count). The van der Waals surface area contributed by atoms with Crippen LogP contribution in [0, 0.1) is 35.0 Å². The van der Waals surface area contributed by atoms with E-state index in [4.69, 9.17) is 10.5 Å². The number of nitrogens with two attached hydrogens (primary N) is 1. The van der Waals surface area contributed by atoms with Crippen LogP contribution in [0.1, 0.15) is 106 Å². The van der Waals surface area contributed by atoms with Gasteiger partial charge in [-0.1, -0.05) is 86.3 Å². The topological polar surface area (TPSA) is 47.3 Å². The van der Waals surface area contributed by atoms with Gasteiger partial charge in [0.15, 0.2) is 0 Å². The van der Waals surface area contributed by atoms with Gasteiger partial charge in [-0.2, -0.15) is 0 Å². The molecule has 8 unspecified atom stereocenters. The lowest BCUT2D eigenvalue weighted by molar-refractivity contribution is -0.307. The summed E-state index contributed by atoms with van der Waals surface area (Å²) in [6.07, 6.45) is 14.1. The molecule has 2 saturated heterocycles. The number of ether oxygens (including phenoxy) is 1. The molecule has 2 heterocycles. The van der Waals surface area contributed by atoms with E-state index >= 15 is 0 Å². The molecule has 4 aliphatic carbocycles. The van der Waals surface area contributed by atoms with Crippen LogP contribution < -0.4 is 11.1 Å². The molecule has 3 nitrogen and oxygen atoms in total. The molecule has 3 saturated carbocycles. The van der Waals surface area contributed by atoms with Gasteiger partial charge in [-0.3, -0.25) is 0 Å². The fraction of sp³-hybridized carbons (Fsp3) is 0.867. The summed E-state index contributed by atoms with van der Waals surface area (Å²) in [6, 6.07) is 0. The SMILES string of the molecule is C=C(OCCC)C1=CC23CCCCC2C2(N)CC(C(C)CCCC(C)C)C4(C)NC23C14.CC. The maximum atomic E-state index is 7.51. The predicted molar refractivity (Wildman–Crippen MR) is 140 cm³/mol. The van der Waals surface area contributed by atoms with Gasteiger partial charge in [0.25, 0.3) is 0 Å². The lowest BCUT2D eigenvalue weighted by Crippen LogP contribution is -3.03. The second-order valence-corrected chi connectivity index (χ2v) is 12.5. The van der Waals surface area contributed by atoms with Gasteiger partial charge in [0.2, 0.25) is 0 Å². The molecule has 5 fully saturated rings. The Morgan fingerprint density at radius 3 is 2.64 bits per heavy atom. The molecule has 0 aromatic heterocycles. The van der Waals surface area contributed by atoms with Crippen LogP contribution in [0.15, 0.2) is 24.0 Å². The van der Waals surface area contributed by atoms with Crippen LogP contribution in [0.3, 0.4) is 0 Å². The molecule has 0 amide bonds. The summed E-state index contributed by atoms with van der Waals surface area (Å²) in [5.41, 5.74) is 9.27. The fourth-order valence-electron chi connectivity index (χ4n) is 9.51. The van der Waals surface area contributed by atoms with Crippen molar-refractivity contribution in [2.45, 2.75) is 123 Å². The summed E-state index contributed by atoms with van der Waals surface area (Å²) in [5, 5.41) is 4.26. The van der Waals surface area contributed by atoms with Crippen molar-refractivity contribution < 1.29 is 4.74 Å². The highest BCUT2D eigenvalue weighted by Crippen LogP contribution is 2.83. The molecule has 3 N–H and O–H groups in total. The third-order valence-corrected chi connectivity index (χ3v) is 10.5. The van der Waals surface area contributed by atoms with Crippen LogP contribution >= 0.6 is 0 Å². The van der Waals surface area contributed by atoms with Crippen LogP contribution in [0.5, 0.6) is 0 Å². The van der Waals surface area contributed by atoms with E-state index in [0.717, 1.165) is 24.7 Å². The largest absolute Gasteiger partial charge is 0.494 e. The Bertz CT molecular complexity index is 788. The van der Waals surface area contributed by atoms with Crippen molar-refractivity contribution in [3.8, 4) is 0 Å². The monoisotopic (exact) mass is 456 g/mol. The highest BCUT2D eigenvalue weighted by molar-refractivity contribution is 5.60. The molecule has 33 heavy (non-hydrogen) atoms. The molecular formula is C30H52N2O. The Labute approximate surface area is 204 Å². The highest BCUT2D eigenvalue weighted by Gasteiger charge is 2.92. The summed E-state index contributed by atoms with van der Waals surface area (Å²) in [4.78, 5) is 0. The quantitative estimate of drug-likeness (QED) is 0.368. The minimum absolute atomic E-state index is 0.0574. The number of hydrogen-bond acceptors (Lipinski definition) is 3. The Hall–Kier alpha value is -0.800. The second-order valence-electron chi connectivity index (χ2n) is 12.5. The van der Waals surface area contributed by atoms with Gasteiger partial charge in [0.05, 0.1) is 12.1 Å². The first-order chi connectivity index (χ1) is 15.7. The number of nitrogens with one attached hydrogen (secondary N) is 1. The van der Waals surface area contributed by atoms with Gasteiger partial charge in [-0.15, -0.1) is 0 Å². The number of piperidine rings is 1. The van der Waals surface area contributed by atoms with Crippen LogP contribution in [-0.4, -0.2) is 23.2 Å². The third kappa shape index (κ3) is 3.06. The van der Waals surface area contributed by atoms with Gasteiger partial charge < -0.3 is 15.8 Å². The van der Waals surface area contributed by atoms with Gasteiger partial charge >= 0.3 is 0 Å². The van der Waals surface area contributed by atoms with Crippen molar-refractivity contribution in [3.05, 3.63) is 24.0 Å². The summed E-state index contributed by atoms with van der Waals surface area (Å²) < 4.78 is 6.17. The van der Waals surface area contributed by atoms with Crippen molar-refractivity contribution in [1.29, 1.82) is 0 Å². The average Bonchev–Trinajstić information content (AvgIpc) is 3.00. The lowest BCUT2D eigenvalue weighted by Gasteiger charge is -2.88. The Morgan fingerprint density at radius 2 is 1.97 bits per heavy atom. The van der Waals surface area contributed by atoms with E-state index in [-0.39, 0.29) is 22.0 Å². The molecule has 0 aromatic rings. The van der Waals surface area contributed by atoms with Crippen LogP contribution in [0.4, 0.5) is 0 Å². The maximum Gasteiger partial charge on any atom is 0.115 e. The first-order valence-electron chi connectivity index (χ1n) is 14.3. The normalized spacial score (nSPS) is 44.9. The highest BCUT2D eigenvalue weighted by atomic mass is 16.5. The van der Waals surface area contributed by atoms with E-state index in [0.29, 0.717) is 23.7 Å². The zero-order valence-electron chi connectivity index (χ0n) is 22.7. The molecule has 0 radical (unpaired) electrons. The third-order valence-electron chi connectivity index (χ3n) is 10.5. The van der Waals surface area contributed by atoms with Crippen LogP contribution in [0.2, 0.25) is 0 Å². The standard InChI is InChI=1S/C28H46N2O.C2H6/c1-7-15-31-20(5)21-16-26-14-9-8-13-23(26)27(29)17-22(19(4)12-10-11-18(2)3)25(6)24(21)28(26,27)30-25;1-2/h16,18-19,22-24,30H,5,7-15,17,29H2,1-4,6H3;1-2H3. The van der Waals surface area contributed by atoms with Crippen molar-refractivity contribution in [2.24, 2.45) is 40.7 Å². The fourth-order valence-corrected chi connectivity index (χ4v) is 9.51. The molecule has 6 aliphatic rings. The molecule has 3 heteroatoms. The zero-order chi connectivity index (χ0) is 24.2. The Morgan fingerprint density at radius 1 is 1.24 bits per heavy atom. The Kier molecular flexibility index (Phi) is 6.67. The molecule has 2 aliphatic heterocycles. The predicted octanol–water partition coefficient (Wildman–Crippen LogP) is 6.98. The van der Waals surface area contributed by atoms with Crippen LogP contribution in [0.25, 0.3) is 0 Å². The molecule has 2 spiro atoms. The zero-order valence-corrected chi connectivity index (χ0v) is 22.7. The summed E-state index contributed by atoms with van der Waals surface area (Å²) in [6.45, 7) is 21.1. The molecule has 8 atom stereocenters. The number of rotatable bonds is 9. The van der Waals surface area contributed by atoms with E-state index in [1.165, 1.54) is 56.9 Å². The maximum absolute atomic E-state index is 7.51. The first-order valence-corrected chi connectivity index (χ1v) is 14.3. The van der Waals surface area contributed by atoms with E-state index in [9.17, 15) is 0 Å². The van der Waals surface area contributed by atoms with E-state index in [1.807, 2.05) is 13.8 Å². The molecular weight excluding hydrogens is 404 g/mol. The minimum atomic E-state index is -0.0733. The summed E-state index contributed by atoms with van der Waals surface area (Å²) in [5.74, 6) is 4.13. The van der Waals surface area contributed by atoms with Gasteiger partial charge in [0.1, 0.15) is 5.76 Å². The second kappa shape index (κ2) is 8.70. The van der Waals surface area contributed by atoms with E-state index in [1.54, 1.807) is 0 Å². The molecule has 2 bridgehead atoms. The molecule has 0 aromatic carbocycles. The van der Waals surface area contributed by atoms with E-state index < -0.39 is 0 Å². The number of allylic oxidation sites excluding steroid dienone is 1. The lowest BCUT2D eigenvalue weighted by atomic mass is 9.25. The Balaban J connectivity index is 0.00000126. The number of fused-ring (bicyclic) bond motifs is 1. The minimum Gasteiger partial charge on any atom is -0.494 e. The average molecular weight is 457 g/mol. The number of hydrogen-bond donors (Lipinski definition) is 2. The van der Waals surface area contributed by atoms with Crippen molar-refractivity contribution in [2.75, 3.05) is 6.61 Å². The summed E-state index contributed by atoms with van der Waals surface area (Å²) >= 11 is 0. The van der Waals surface area contributed by atoms with Gasteiger partial charge in [-0.05, 0) is 61.9 Å². The van der Waals surface area contributed by atoms with Crippen molar-refractivity contribution >= 4 is 0 Å². The van der Waals surface area contributed by atoms with Gasteiger partial charge in [0, 0.05) is 22.4 Å². The van der Waals surface area contributed by atoms with E-state index in [2.05, 4.69) is 52.6 Å². The van der Waals surface area contributed by atoms with Crippen LogP contribution in [-0.2, 0) is 4.74 Å². The van der Waals surface area contributed by atoms with Gasteiger partial charge in [-0.25, -0.2) is 0 Å². The first kappa shape index (κ1) is 25.3. The summed E-state index contributed by atoms with van der Waals surface area (Å²) in [7, 11) is 0. The smallest absolute Gasteiger partial charge is 0.115 e. The van der Waals surface area contributed by atoms with Crippen molar-refractivity contribution in [3.63, 3.8) is 0 Å². The molecule has 188 valence electrons. The van der Waals surface area contributed by atoms with Crippen molar-refractivity contribution in [1.82, 2.24) is 5.32 Å².